The summed E-state index contributed by atoms with van der Waals surface area (Å²) in [6.45, 7) is 0. The molecule has 0 saturated heterocycles. The first-order chi connectivity index (χ1) is 7.72. The molecule has 0 aliphatic carbocycles. The Kier molecular flexibility index (Phi) is 3.81. The highest BCUT2D eigenvalue weighted by atomic mass is 79.9. The molecular weight excluding hydrogens is 336 g/mol. The van der Waals surface area contributed by atoms with Gasteiger partial charge in [0.2, 0.25) is 0 Å². The van der Waals surface area contributed by atoms with Crippen molar-refractivity contribution in [3.63, 3.8) is 0 Å². The van der Waals surface area contributed by atoms with Crippen LogP contribution in [0.5, 0.6) is 0 Å². The first kappa shape index (κ1) is 11.9. The normalized spacial score (nSPS) is 12.7. The van der Waals surface area contributed by atoms with Crippen LogP contribution in [0.15, 0.2) is 50.0 Å². The van der Waals surface area contributed by atoms with E-state index >= 15 is 0 Å². The van der Waals surface area contributed by atoms with Crippen LogP contribution in [-0.2, 0) is 0 Å². The zero-order chi connectivity index (χ0) is 11.5. The van der Waals surface area contributed by atoms with Crippen LogP contribution in [0.1, 0.15) is 17.4 Å². The number of hydrazine groups is 1. The Hall–Kier alpha value is -0.620. The van der Waals surface area contributed by atoms with Gasteiger partial charge in [-0.2, -0.15) is 0 Å². The summed E-state index contributed by atoms with van der Waals surface area (Å²) in [5.41, 5.74) is 3.78. The van der Waals surface area contributed by atoms with Gasteiger partial charge in [0.05, 0.1) is 10.7 Å². The second-order valence-corrected chi connectivity index (χ2v) is 5.05. The molecule has 2 rings (SSSR count). The maximum atomic E-state index is 5.56. The van der Waals surface area contributed by atoms with Crippen molar-refractivity contribution in [2.45, 2.75) is 6.04 Å². The Morgan fingerprint density at radius 3 is 2.31 bits per heavy atom. The Morgan fingerprint density at radius 1 is 1.12 bits per heavy atom. The van der Waals surface area contributed by atoms with E-state index in [0.717, 1.165) is 20.3 Å². The molecule has 3 N–H and O–H groups in total. The average molecular weight is 346 g/mol. The fourth-order valence-corrected chi connectivity index (χ4v) is 2.18. The lowest BCUT2D eigenvalue weighted by Gasteiger charge is -2.14. The number of nitrogens with one attached hydrogen (secondary N) is 1. The van der Waals surface area contributed by atoms with Gasteiger partial charge in [-0.15, -0.1) is 0 Å². The molecule has 0 radical (unpaired) electrons. The van der Waals surface area contributed by atoms with E-state index in [1.807, 2.05) is 30.3 Å². The van der Waals surface area contributed by atoms with Gasteiger partial charge in [0, 0.05) is 4.47 Å². The first-order valence-corrected chi connectivity index (χ1v) is 6.25. The minimum Gasteiger partial charge on any atom is -0.466 e. The molecule has 84 valence electrons. The number of halogens is 2. The van der Waals surface area contributed by atoms with Gasteiger partial charge < -0.3 is 4.42 Å². The van der Waals surface area contributed by atoms with E-state index in [-0.39, 0.29) is 6.04 Å². The number of hydrogen-bond acceptors (Lipinski definition) is 3. The van der Waals surface area contributed by atoms with E-state index in [9.17, 15) is 0 Å². The first-order valence-electron chi connectivity index (χ1n) is 4.67. The Morgan fingerprint density at radius 2 is 1.81 bits per heavy atom. The highest BCUT2D eigenvalue weighted by Gasteiger charge is 2.18. The van der Waals surface area contributed by atoms with Crippen LogP contribution in [-0.4, -0.2) is 0 Å². The van der Waals surface area contributed by atoms with Gasteiger partial charge >= 0.3 is 0 Å². The van der Waals surface area contributed by atoms with Crippen LogP contribution in [0.4, 0.5) is 0 Å². The third kappa shape index (κ3) is 2.38. The molecule has 0 bridgehead atoms. The van der Waals surface area contributed by atoms with Crippen molar-refractivity contribution in [2.24, 2.45) is 5.84 Å². The van der Waals surface area contributed by atoms with Crippen molar-refractivity contribution in [3.05, 3.63) is 56.9 Å². The van der Waals surface area contributed by atoms with E-state index in [4.69, 9.17) is 10.3 Å². The molecule has 0 fully saturated rings. The molecule has 1 atom stereocenters. The molecule has 0 aliphatic heterocycles. The monoisotopic (exact) mass is 344 g/mol. The molecule has 1 unspecified atom stereocenters. The van der Waals surface area contributed by atoms with Crippen LogP contribution < -0.4 is 11.3 Å². The highest BCUT2D eigenvalue weighted by molar-refractivity contribution is 9.10. The van der Waals surface area contributed by atoms with Crippen LogP contribution in [0.3, 0.4) is 0 Å². The number of hydrogen-bond donors (Lipinski definition) is 2. The van der Waals surface area contributed by atoms with Gasteiger partial charge in [-0.1, -0.05) is 28.1 Å². The van der Waals surface area contributed by atoms with Crippen LogP contribution >= 0.6 is 31.9 Å². The van der Waals surface area contributed by atoms with E-state index in [1.165, 1.54) is 0 Å². The summed E-state index contributed by atoms with van der Waals surface area (Å²) in [5.74, 6) is 6.33. The number of benzene rings is 1. The molecule has 1 heterocycles. The smallest absolute Gasteiger partial charge is 0.140 e. The minimum absolute atomic E-state index is 0.155. The number of nitrogens with two attached hydrogens (primary N) is 1. The SMILES string of the molecule is NNC(c1ccc(Br)cc1)c1occc1Br. The van der Waals surface area contributed by atoms with Gasteiger partial charge in [-0.05, 0) is 39.7 Å². The van der Waals surface area contributed by atoms with E-state index in [2.05, 4.69) is 37.3 Å². The van der Waals surface area contributed by atoms with Crippen molar-refractivity contribution in [1.82, 2.24) is 5.43 Å². The lowest BCUT2D eigenvalue weighted by molar-refractivity contribution is 0.450. The highest BCUT2D eigenvalue weighted by Crippen LogP contribution is 2.29. The van der Waals surface area contributed by atoms with Crippen molar-refractivity contribution >= 4 is 31.9 Å². The van der Waals surface area contributed by atoms with Crippen molar-refractivity contribution in [1.29, 1.82) is 0 Å². The largest absolute Gasteiger partial charge is 0.466 e. The summed E-state index contributed by atoms with van der Waals surface area (Å²) in [5, 5.41) is 0. The third-order valence-corrected chi connectivity index (χ3v) is 3.46. The van der Waals surface area contributed by atoms with Crippen LogP contribution in [0.25, 0.3) is 0 Å². The maximum absolute atomic E-state index is 5.56. The summed E-state index contributed by atoms with van der Waals surface area (Å²) in [7, 11) is 0. The van der Waals surface area contributed by atoms with E-state index < -0.39 is 0 Å². The van der Waals surface area contributed by atoms with Gasteiger partial charge in [-0.3, -0.25) is 5.84 Å². The number of rotatable bonds is 3. The molecule has 1 aromatic carbocycles. The third-order valence-electron chi connectivity index (χ3n) is 2.28. The molecule has 2 aromatic rings. The molecule has 0 amide bonds. The summed E-state index contributed by atoms with van der Waals surface area (Å²) >= 11 is 6.82. The van der Waals surface area contributed by atoms with Crippen molar-refractivity contribution in [3.8, 4) is 0 Å². The Bertz CT molecular complexity index is 467. The predicted octanol–water partition coefficient (Wildman–Crippen LogP) is 3.36. The summed E-state index contributed by atoms with van der Waals surface area (Å²) in [6.07, 6.45) is 1.63. The standard InChI is InChI=1S/C11H10Br2N2O/c12-8-3-1-7(2-4-8)10(15-14)11-9(13)5-6-16-11/h1-6,10,15H,14H2. The second kappa shape index (κ2) is 5.14. The lowest BCUT2D eigenvalue weighted by Crippen LogP contribution is -2.28. The fourth-order valence-electron chi connectivity index (χ4n) is 1.49. The molecule has 0 saturated carbocycles. The van der Waals surface area contributed by atoms with Crippen molar-refractivity contribution < 1.29 is 4.42 Å². The Labute approximate surface area is 110 Å². The zero-order valence-corrected chi connectivity index (χ0v) is 11.5. The molecule has 1 aromatic heterocycles. The quantitative estimate of drug-likeness (QED) is 0.662. The molecule has 5 heteroatoms. The average Bonchev–Trinajstić information content (AvgIpc) is 2.69. The van der Waals surface area contributed by atoms with Crippen molar-refractivity contribution in [2.75, 3.05) is 0 Å². The molecule has 0 spiro atoms. The molecule has 16 heavy (non-hydrogen) atoms. The Balaban J connectivity index is 2.37. The zero-order valence-electron chi connectivity index (χ0n) is 8.28. The molecular formula is C11H10Br2N2O. The van der Waals surface area contributed by atoms with Gasteiger partial charge in [0.25, 0.3) is 0 Å². The van der Waals surface area contributed by atoms with Gasteiger partial charge in [0.15, 0.2) is 0 Å². The number of furan rings is 1. The summed E-state index contributed by atoms with van der Waals surface area (Å²) < 4.78 is 7.34. The molecule has 0 aliphatic rings. The predicted molar refractivity (Wildman–Crippen MR) is 69.7 cm³/mol. The topological polar surface area (TPSA) is 51.2 Å². The fraction of sp³-hybridized carbons (Fsp3) is 0.0909. The summed E-state index contributed by atoms with van der Waals surface area (Å²) in [6, 6.07) is 9.61. The lowest BCUT2D eigenvalue weighted by atomic mass is 10.1. The molecule has 3 nitrogen and oxygen atoms in total. The maximum Gasteiger partial charge on any atom is 0.140 e. The van der Waals surface area contributed by atoms with E-state index in [0.29, 0.717) is 0 Å². The minimum atomic E-state index is -0.155. The van der Waals surface area contributed by atoms with Crippen LogP contribution in [0.2, 0.25) is 0 Å². The summed E-state index contributed by atoms with van der Waals surface area (Å²) in [4.78, 5) is 0. The second-order valence-electron chi connectivity index (χ2n) is 3.28. The van der Waals surface area contributed by atoms with Gasteiger partial charge in [0.1, 0.15) is 11.8 Å². The van der Waals surface area contributed by atoms with Crippen LogP contribution in [0, 0.1) is 0 Å². The van der Waals surface area contributed by atoms with E-state index in [1.54, 1.807) is 6.26 Å². The van der Waals surface area contributed by atoms with Gasteiger partial charge in [-0.25, -0.2) is 5.43 Å².